The molecule has 0 spiro atoms. The number of thiazole rings is 1. The van der Waals surface area contributed by atoms with Gasteiger partial charge in [0.15, 0.2) is 11.0 Å². The lowest BCUT2D eigenvalue weighted by molar-refractivity contribution is -0.113. The van der Waals surface area contributed by atoms with Crippen molar-refractivity contribution in [1.82, 2.24) is 19.3 Å². The monoisotopic (exact) mass is 467 g/mol. The first-order valence-electron chi connectivity index (χ1n) is 10.5. The minimum absolute atomic E-state index is 0.0245. The van der Waals surface area contributed by atoms with E-state index >= 15 is 0 Å². The van der Waals surface area contributed by atoms with E-state index in [9.17, 15) is 9.59 Å². The fourth-order valence-electron chi connectivity index (χ4n) is 3.38. The van der Waals surface area contributed by atoms with Gasteiger partial charge >= 0.3 is 4.87 Å². The fraction of sp³-hybridized carbons (Fsp3) is 0.304. The number of thioether (sulfide) groups is 1. The summed E-state index contributed by atoms with van der Waals surface area (Å²) in [7, 11) is 1.85. The van der Waals surface area contributed by atoms with Gasteiger partial charge in [0.2, 0.25) is 5.91 Å². The number of carbonyl (C=O) groups excluding carboxylic acids is 1. The van der Waals surface area contributed by atoms with Crippen LogP contribution in [-0.2, 0) is 24.8 Å². The van der Waals surface area contributed by atoms with E-state index in [1.165, 1.54) is 41.5 Å². The number of anilines is 1. The fourth-order valence-corrected chi connectivity index (χ4v) is 5.00. The van der Waals surface area contributed by atoms with E-state index in [1.54, 1.807) is 4.57 Å². The number of nitrogens with one attached hydrogen (secondary N) is 1. The molecule has 1 amide bonds. The highest BCUT2D eigenvalue weighted by Gasteiger charge is 2.15. The van der Waals surface area contributed by atoms with Gasteiger partial charge in [-0.05, 0) is 42.7 Å². The van der Waals surface area contributed by atoms with Crippen molar-refractivity contribution in [2.45, 2.75) is 37.9 Å². The number of hydrogen-bond acceptors (Lipinski definition) is 6. The van der Waals surface area contributed by atoms with Crippen LogP contribution in [0.3, 0.4) is 0 Å². The molecule has 0 fully saturated rings. The van der Waals surface area contributed by atoms with Crippen LogP contribution < -0.4 is 10.2 Å². The Morgan fingerprint density at radius 2 is 1.91 bits per heavy atom. The molecular formula is C23H25N5O2S2. The normalized spacial score (nSPS) is 11.2. The number of amides is 1. The van der Waals surface area contributed by atoms with Gasteiger partial charge in [0, 0.05) is 12.7 Å². The van der Waals surface area contributed by atoms with Crippen LogP contribution in [0.15, 0.2) is 58.5 Å². The van der Waals surface area contributed by atoms with Crippen molar-refractivity contribution in [3.8, 4) is 0 Å². The summed E-state index contributed by atoms with van der Waals surface area (Å²) in [6.07, 6.45) is 3.39. The van der Waals surface area contributed by atoms with Gasteiger partial charge < -0.3 is 9.88 Å². The maximum Gasteiger partial charge on any atom is 0.308 e. The molecule has 9 heteroatoms. The van der Waals surface area contributed by atoms with Crippen LogP contribution in [0.5, 0.6) is 0 Å². The zero-order chi connectivity index (χ0) is 22.5. The van der Waals surface area contributed by atoms with Crippen molar-refractivity contribution in [2.75, 3.05) is 11.1 Å². The summed E-state index contributed by atoms with van der Waals surface area (Å²) < 4.78 is 4.48. The molecule has 166 valence electrons. The highest BCUT2D eigenvalue weighted by Crippen LogP contribution is 2.20. The Balaban J connectivity index is 1.36. The van der Waals surface area contributed by atoms with Gasteiger partial charge in [0.05, 0.1) is 22.5 Å². The standard InChI is InChI=1S/C23H25N5O2S2/c1-3-4-7-16-10-12-17(13-11-16)24-21(29)15-31-22-26-25-20(27(22)2)14-28-18-8-5-6-9-19(18)32-23(28)30/h5-6,8-13H,3-4,7,14-15H2,1-2H3,(H,24,29). The molecule has 32 heavy (non-hydrogen) atoms. The predicted molar refractivity (Wildman–Crippen MR) is 131 cm³/mol. The Labute approximate surface area is 194 Å². The summed E-state index contributed by atoms with van der Waals surface area (Å²) in [6, 6.07) is 15.7. The Morgan fingerprint density at radius 1 is 1.12 bits per heavy atom. The molecule has 0 radical (unpaired) electrons. The van der Waals surface area contributed by atoms with Crippen LogP contribution >= 0.6 is 23.1 Å². The van der Waals surface area contributed by atoms with Crippen molar-refractivity contribution >= 4 is 44.9 Å². The van der Waals surface area contributed by atoms with E-state index in [-0.39, 0.29) is 16.5 Å². The number of aryl methyl sites for hydroxylation is 1. The molecule has 7 nitrogen and oxygen atoms in total. The van der Waals surface area contributed by atoms with Gasteiger partial charge in [-0.15, -0.1) is 10.2 Å². The molecule has 2 heterocycles. The Bertz CT molecular complexity index is 1270. The number of para-hydroxylation sites is 1. The number of nitrogens with zero attached hydrogens (tertiary/aromatic N) is 4. The van der Waals surface area contributed by atoms with E-state index < -0.39 is 0 Å². The predicted octanol–water partition coefficient (Wildman–Crippen LogP) is 4.31. The molecule has 0 bridgehead atoms. The summed E-state index contributed by atoms with van der Waals surface area (Å²) in [5, 5.41) is 12.0. The highest BCUT2D eigenvalue weighted by molar-refractivity contribution is 7.99. The molecular weight excluding hydrogens is 442 g/mol. The smallest absolute Gasteiger partial charge is 0.308 e. The minimum atomic E-state index is -0.0964. The summed E-state index contributed by atoms with van der Waals surface area (Å²) in [4.78, 5) is 24.7. The summed E-state index contributed by atoms with van der Waals surface area (Å²) in [5.41, 5.74) is 2.96. The van der Waals surface area contributed by atoms with E-state index in [1.807, 2.05) is 48.0 Å². The molecule has 4 aromatic rings. The summed E-state index contributed by atoms with van der Waals surface area (Å²) in [6.45, 7) is 2.51. The van der Waals surface area contributed by atoms with Gasteiger partial charge in [-0.2, -0.15) is 0 Å². The number of fused-ring (bicyclic) bond motifs is 1. The lowest BCUT2D eigenvalue weighted by Gasteiger charge is -2.07. The van der Waals surface area contributed by atoms with Crippen LogP contribution in [0.2, 0.25) is 0 Å². The Kier molecular flexibility index (Phi) is 7.06. The quantitative estimate of drug-likeness (QED) is 0.371. The SMILES string of the molecule is CCCCc1ccc(NC(=O)CSc2nnc(Cn3c(=O)sc4ccccc43)n2C)cc1. The third kappa shape index (κ3) is 5.11. The third-order valence-electron chi connectivity index (χ3n) is 5.19. The summed E-state index contributed by atoms with van der Waals surface area (Å²) >= 11 is 2.54. The number of unbranched alkanes of at least 4 members (excludes halogenated alkanes) is 1. The maximum atomic E-state index is 12.4. The zero-order valence-corrected chi connectivity index (χ0v) is 19.7. The third-order valence-corrected chi connectivity index (χ3v) is 7.17. The second-order valence-corrected chi connectivity index (χ2v) is 9.45. The van der Waals surface area contributed by atoms with E-state index in [0.717, 1.165) is 22.3 Å². The second kappa shape index (κ2) is 10.1. The molecule has 0 atom stereocenters. The Hall–Kier alpha value is -2.91. The molecule has 0 saturated heterocycles. The average molecular weight is 468 g/mol. The van der Waals surface area contributed by atoms with Crippen LogP contribution in [0.25, 0.3) is 10.2 Å². The van der Waals surface area contributed by atoms with Gasteiger partial charge in [0.1, 0.15) is 0 Å². The van der Waals surface area contributed by atoms with E-state index in [0.29, 0.717) is 17.5 Å². The van der Waals surface area contributed by atoms with Crippen LogP contribution in [0, 0.1) is 0 Å². The molecule has 2 aromatic carbocycles. The number of hydrogen-bond donors (Lipinski definition) is 1. The van der Waals surface area contributed by atoms with Gasteiger partial charge in [-0.3, -0.25) is 14.2 Å². The average Bonchev–Trinajstić information content (AvgIpc) is 3.31. The van der Waals surface area contributed by atoms with Crippen LogP contribution in [0.1, 0.15) is 31.2 Å². The van der Waals surface area contributed by atoms with Crippen molar-refractivity contribution in [2.24, 2.45) is 7.05 Å². The largest absolute Gasteiger partial charge is 0.325 e. The lowest BCUT2D eigenvalue weighted by Crippen LogP contribution is -2.16. The Morgan fingerprint density at radius 3 is 2.69 bits per heavy atom. The number of aromatic nitrogens is 4. The van der Waals surface area contributed by atoms with Crippen molar-refractivity contribution < 1.29 is 4.79 Å². The van der Waals surface area contributed by atoms with Crippen LogP contribution in [-0.4, -0.2) is 31.0 Å². The maximum absolute atomic E-state index is 12.4. The first kappa shape index (κ1) is 22.3. The van der Waals surface area contributed by atoms with Gasteiger partial charge in [0.25, 0.3) is 0 Å². The van der Waals surface area contributed by atoms with E-state index in [4.69, 9.17) is 0 Å². The van der Waals surface area contributed by atoms with Crippen molar-refractivity contribution in [3.05, 3.63) is 69.6 Å². The molecule has 4 rings (SSSR count). The number of rotatable bonds is 9. The van der Waals surface area contributed by atoms with E-state index in [2.05, 4.69) is 34.6 Å². The molecule has 0 saturated carbocycles. The first-order valence-corrected chi connectivity index (χ1v) is 12.3. The molecule has 0 aliphatic carbocycles. The molecule has 1 N–H and O–H groups in total. The zero-order valence-electron chi connectivity index (χ0n) is 18.1. The summed E-state index contributed by atoms with van der Waals surface area (Å²) in [5.74, 6) is 0.798. The first-order chi connectivity index (χ1) is 15.5. The molecule has 2 aromatic heterocycles. The van der Waals surface area contributed by atoms with Crippen molar-refractivity contribution in [1.29, 1.82) is 0 Å². The molecule has 0 aliphatic heterocycles. The van der Waals surface area contributed by atoms with Crippen molar-refractivity contribution in [3.63, 3.8) is 0 Å². The molecule has 0 unspecified atom stereocenters. The topological polar surface area (TPSA) is 81.8 Å². The lowest BCUT2D eigenvalue weighted by atomic mass is 10.1. The van der Waals surface area contributed by atoms with Gasteiger partial charge in [-0.25, -0.2) is 0 Å². The number of carbonyl (C=O) groups is 1. The highest BCUT2D eigenvalue weighted by atomic mass is 32.2. The minimum Gasteiger partial charge on any atom is -0.325 e. The molecule has 0 aliphatic rings. The van der Waals surface area contributed by atoms with Crippen LogP contribution in [0.4, 0.5) is 5.69 Å². The van der Waals surface area contributed by atoms with Gasteiger partial charge in [-0.1, -0.05) is 60.7 Å². The number of benzene rings is 2. The second-order valence-electron chi connectivity index (χ2n) is 7.52.